The maximum atomic E-state index is 12.3. The van der Waals surface area contributed by atoms with Crippen LogP contribution in [0.4, 0.5) is 5.69 Å². The summed E-state index contributed by atoms with van der Waals surface area (Å²) < 4.78 is 0. The van der Waals surface area contributed by atoms with Crippen LogP contribution < -0.4 is 5.32 Å². The maximum Gasteiger partial charge on any atom is 0.244 e. The van der Waals surface area contributed by atoms with Crippen molar-refractivity contribution in [3.63, 3.8) is 0 Å². The second-order valence-electron chi connectivity index (χ2n) is 5.32. The van der Waals surface area contributed by atoms with E-state index in [1.165, 1.54) is 4.90 Å². The molecule has 0 spiro atoms. The summed E-state index contributed by atoms with van der Waals surface area (Å²) in [5.41, 5.74) is 0.372. The third-order valence-electron chi connectivity index (χ3n) is 3.60. The van der Waals surface area contributed by atoms with Gasteiger partial charge in [-0.25, -0.2) is 0 Å². The number of allylic oxidation sites excluding steroid dienone is 2. The lowest BCUT2D eigenvalue weighted by Crippen LogP contribution is -2.38. The predicted octanol–water partition coefficient (Wildman–Crippen LogP) is 3.75. The van der Waals surface area contributed by atoms with Gasteiger partial charge in [-0.1, -0.05) is 41.4 Å². The highest BCUT2D eigenvalue weighted by Crippen LogP contribution is 2.29. The first-order chi connectivity index (χ1) is 10.5. The summed E-state index contributed by atoms with van der Waals surface area (Å²) in [4.78, 5) is 25.8. The summed E-state index contributed by atoms with van der Waals surface area (Å²) in [5.74, 6) is -0.367. The summed E-state index contributed by atoms with van der Waals surface area (Å²) in [6.07, 6.45) is 6.57. The van der Waals surface area contributed by atoms with Gasteiger partial charge in [-0.15, -0.1) is 0 Å². The maximum absolute atomic E-state index is 12.3. The largest absolute Gasteiger partial charge is 0.336 e. The highest BCUT2D eigenvalue weighted by molar-refractivity contribution is 6.39. The van der Waals surface area contributed by atoms with Gasteiger partial charge in [0.15, 0.2) is 0 Å². The van der Waals surface area contributed by atoms with Crippen molar-refractivity contribution in [2.75, 3.05) is 18.9 Å². The summed E-state index contributed by atoms with van der Waals surface area (Å²) in [6.45, 7) is -0.0272. The van der Waals surface area contributed by atoms with Gasteiger partial charge in [0.25, 0.3) is 0 Å². The number of benzene rings is 1. The third kappa shape index (κ3) is 4.24. The Balaban J connectivity index is 1.94. The first-order valence-electron chi connectivity index (χ1n) is 7.13. The molecule has 6 heteroatoms. The lowest BCUT2D eigenvalue weighted by atomic mass is 9.93. The Bertz CT molecular complexity index is 582. The Kier molecular flexibility index (Phi) is 5.86. The van der Waals surface area contributed by atoms with Crippen molar-refractivity contribution in [2.45, 2.75) is 19.3 Å². The Hall–Kier alpha value is -1.52. The minimum Gasteiger partial charge on any atom is -0.336 e. The molecule has 1 aliphatic rings. The molecule has 0 radical (unpaired) electrons. The van der Waals surface area contributed by atoms with Gasteiger partial charge in [0, 0.05) is 13.0 Å². The molecule has 4 nitrogen and oxygen atoms in total. The van der Waals surface area contributed by atoms with Crippen LogP contribution in [0.15, 0.2) is 30.4 Å². The first kappa shape index (κ1) is 16.8. The van der Waals surface area contributed by atoms with E-state index in [4.69, 9.17) is 23.2 Å². The van der Waals surface area contributed by atoms with Crippen LogP contribution >= 0.6 is 23.2 Å². The normalized spacial score (nSPS) is 17.1. The van der Waals surface area contributed by atoms with Crippen LogP contribution in [0.25, 0.3) is 0 Å². The van der Waals surface area contributed by atoms with Crippen LogP contribution in [0.1, 0.15) is 19.3 Å². The zero-order valence-corrected chi connectivity index (χ0v) is 13.8. The van der Waals surface area contributed by atoms with Crippen LogP contribution in [0.2, 0.25) is 10.0 Å². The molecule has 1 aliphatic carbocycles. The SMILES string of the molecule is CN(CC(=O)Nc1c(Cl)cccc1Cl)C(=O)C1CC=CCC1. The number of nitrogens with one attached hydrogen (secondary N) is 1. The molecule has 118 valence electrons. The zero-order chi connectivity index (χ0) is 16.1. The Morgan fingerprint density at radius 3 is 2.55 bits per heavy atom. The van der Waals surface area contributed by atoms with Gasteiger partial charge < -0.3 is 10.2 Å². The monoisotopic (exact) mass is 340 g/mol. The van der Waals surface area contributed by atoms with Crippen LogP contribution in [-0.4, -0.2) is 30.3 Å². The fourth-order valence-corrected chi connectivity index (χ4v) is 2.91. The minimum atomic E-state index is -0.322. The molecule has 22 heavy (non-hydrogen) atoms. The van der Waals surface area contributed by atoms with E-state index >= 15 is 0 Å². The molecule has 1 atom stereocenters. The average molecular weight is 341 g/mol. The number of amides is 2. The van der Waals surface area contributed by atoms with Crippen molar-refractivity contribution in [2.24, 2.45) is 5.92 Å². The van der Waals surface area contributed by atoms with Crippen molar-refractivity contribution >= 4 is 40.7 Å². The lowest BCUT2D eigenvalue weighted by Gasteiger charge is -2.24. The van der Waals surface area contributed by atoms with Crippen LogP contribution in [0.5, 0.6) is 0 Å². The van der Waals surface area contributed by atoms with Gasteiger partial charge >= 0.3 is 0 Å². The summed E-state index contributed by atoms with van der Waals surface area (Å²) >= 11 is 12.0. The molecule has 0 aromatic heterocycles. The Labute approximate surface area is 140 Å². The number of anilines is 1. The van der Waals surface area contributed by atoms with Gasteiger partial charge in [-0.2, -0.15) is 0 Å². The van der Waals surface area contributed by atoms with E-state index in [1.807, 2.05) is 6.08 Å². The number of para-hydroxylation sites is 1. The molecule has 0 saturated carbocycles. The molecule has 2 rings (SSSR count). The topological polar surface area (TPSA) is 49.4 Å². The summed E-state index contributed by atoms with van der Waals surface area (Å²) in [7, 11) is 1.63. The van der Waals surface area contributed by atoms with Crippen molar-refractivity contribution in [3.8, 4) is 0 Å². The molecule has 0 fully saturated rings. The van der Waals surface area contributed by atoms with Crippen LogP contribution in [0, 0.1) is 5.92 Å². The van der Waals surface area contributed by atoms with Gasteiger partial charge in [-0.05, 0) is 31.4 Å². The van der Waals surface area contributed by atoms with Gasteiger partial charge in [0.05, 0.1) is 22.3 Å². The van der Waals surface area contributed by atoms with E-state index < -0.39 is 0 Å². The lowest BCUT2D eigenvalue weighted by molar-refractivity contribution is -0.137. The molecule has 0 bridgehead atoms. The van der Waals surface area contributed by atoms with E-state index in [-0.39, 0.29) is 24.3 Å². The summed E-state index contributed by atoms with van der Waals surface area (Å²) in [5, 5.41) is 3.39. The number of hydrogen-bond donors (Lipinski definition) is 1. The Morgan fingerprint density at radius 1 is 1.27 bits per heavy atom. The smallest absolute Gasteiger partial charge is 0.244 e. The number of hydrogen-bond acceptors (Lipinski definition) is 2. The number of carbonyl (C=O) groups is 2. The standard InChI is InChI=1S/C16H18Cl2N2O2/c1-20(16(22)11-6-3-2-4-7-11)10-14(21)19-15-12(17)8-5-9-13(15)18/h2-3,5,8-9,11H,4,6-7,10H2,1H3,(H,19,21). The van der Waals surface area contributed by atoms with Crippen molar-refractivity contribution in [1.82, 2.24) is 4.90 Å². The number of carbonyl (C=O) groups excluding carboxylic acids is 2. The zero-order valence-electron chi connectivity index (χ0n) is 12.3. The molecular formula is C16H18Cl2N2O2. The second kappa shape index (κ2) is 7.65. The van der Waals surface area contributed by atoms with E-state index in [0.717, 1.165) is 19.3 Å². The number of nitrogens with zero attached hydrogens (tertiary/aromatic N) is 1. The van der Waals surface area contributed by atoms with Crippen molar-refractivity contribution < 1.29 is 9.59 Å². The predicted molar refractivity (Wildman–Crippen MR) is 89.2 cm³/mol. The number of rotatable bonds is 4. The highest BCUT2D eigenvalue weighted by Gasteiger charge is 2.23. The van der Waals surface area contributed by atoms with E-state index in [1.54, 1.807) is 25.2 Å². The van der Waals surface area contributed by atoms with E-state index in [9.17, 15) is 9.59 Å². The molecule has 2 amide bonds. The molecule has 1 unspecified atom stereocenters. The van der Waals surface area contributed by atoms with Gasteiger partial charge in [-0.3, -0.25) is 9.59 Å². The van der Waals surface area contributed by atoms with Crippen molar-refractivity contribution in [3.05, 3.63) is 40.4 Å². The van der Waals surface area contributed by atoms with Crippen molar-refractivity contribution in [1.29, 1.82) is 0 Å². The van der Waals surface area contributed by atoms with E-state index in [2.05, 4.69) is 11.4 Å². The third-order valence-corrected chi connectivity index (χ3v) is 4.23. The van der Waals surface area contributed by atoms with E-state index in [0.29, 0.717) is 15.7 Å². The average Bonchev–Trinajstić information content (AvgIpc) is 2.51. The molecule has 0 aliphatic heterocycles. The molecule has 1 aromatic rings. The summed E-state index contributed by atoms with van der Waals surface area (Å²) in [6, 6.07) is 4.99. The molecule has 0 heterocycles. The van der Waals surface area contributed by atoms with Crippen LogP contribution in [0.3, 0.4) is 0 Å². The first-order valence-corrected chi connectivity index (χ1v) is 7.88. The van der Waals surface area contributed by atoms with Gasteiger partial charge in [0.2, 0.25) is 11.8 Å². The fourth-order valence-electron chi connectivity index (χ4n) is 2.42. The minimum absolute atomic E-state index is 0.00949. The van der Waals surface area contributed by atoms with Crippen LogP contribution in [-0.2, 0) is 9.59 Å². The quantitative estimate of drug-likeness (QED) is 0.848. The fraction of sp³-hybridized carbons (Fsp3) is 0.375. The number of halogens is 2. The molecule has 0 saturated heterocycles. The molecule has 1 aromatic carbocycles. The Morgan fingerprint density at radius 2 is 1.95 bits per heavy atom. The highest BCUT2D eigenvalue weighted by atomic mass is 35.5. The molecular weight excluding hydrogens is 323 g/mol. The number of likely N-dealkylation sites (N-methyl/N-ethyl adjacent to an activating group) is 1. The van der Waals surface area contributed by atoms with Gasteiger partial charge in [0.1, 0.15) is 0 Å². The molecule has 1 N–H and O–H groups in total. The second-order valence-corrected chi connectivity index (χ2v) is 6.13.